The standard InChI is InChI=1S/C14H18N2O2/c1-18-8-7-16-10-14(17)13-4-2-3-11-9-15-6-5-12(11)13/h2-6,9,14,16-17H,7-8,10H2,1H3. The van der Waals surface area contributed by atoms with Crippen molar-refractivity contribution >= 4 is 10.8 Å². The Morgan fingerprint density at radius 1 is 1.39 bits per heavy atom. The first kappa shape index (κ1) is 13.0. The number of nitrogens with zero attached hydrogens (tertiary/aromatic N) is 1. The number of hydrogen-bond donors (Lipinski definition) is 2. The van der Waals surface area contributed by atoms with E-state index in [0.29, 0.717) is 13.2 Å². The number of aliphatic hydroxyl groups is 1. The lowest BCUT2D eigenvalue weighted by molar-refractivity contribution is 0.162. The van der Waals surface area contributed by atoms with Crippen LogP contribution in [-0.2, 0) is 4.74 Å². The van der Waals surface area contributed by atoms with Crippen LogP contribution in [0.15, 0.2) is 36.7 Å². The number of methoxy groups -OCH3 is 1. The Morgan fingerprint density at radius 2 is 2.28 bits per heavy atom. The first-order valence-corrected chi connectivity index (χ1v) is 6.03. The summed E-state index contributed by atoms with van der Waals surface area (Å²) in [5.41, 5.74) is 0.930. The molecule has 0 radical (unpaired) electrons. The average molecular weight is 246 g/mol. The lowest BCUT2D eigenvalue weighted by Crippen LogP contribution is -2.25. The number of rotatable bonds is 6. The van der Waals surface area contributed by atoms with Crippen molar-refractivity contribution in [2.24, 2.45) is 0 Å². The fraction of sp³-hybridized carbons (Fsp3) is 0.357. The maximum absolute atomic E-state index is 10.2. The molecule has 0 saturated heterocycles. The molecule has 2 rings (SSSR count). The second-order valence-electron chi connectivity index (χ2n) is 4.16. The van der Waals surface area contributed by atoms with E-state index in [9.17, 15) is 5.11 Å². The molecular formula is C14H18N2O2. The van der Waals surface area contributed by atoms with Crippen molar-refractivity contribution in [1.29, 1.82) is 0 Å². The first-order chi connectivity index (χ1) is 8.83. The van der Waals surface area contributed by atoms with Crippen molar-refractivity contribution in [2.45, 2.75) is 6.10 Å². The third-order valence-corrected chi connectivity index (χ3v) is 2.89. The summed E-state index contributed by atoms with van der Waals surface area (Å²) in [6, 6.07) is 7.82. The van der Waals surface area contributed by atoms with Gasteiger partial charge in [0.25, 0.3) is 0 Å². The molecule has 2 N–H and O–H groups in total. The van der Waals surface area contributed by atoms with Crippen LogP contribution in [-0.4, -0.2) is 36.9 Å². The minimum absolute atomic E-state index is 0.519. The minimum atomic E-state index is -0.520. The number of pyridine rings is 1. The topological polar surface area (TPSA) is 54.4 Å². The van der Waals surface area contributed by atoms with E-state index in [1.165, 1.54) is 0 Å². The molecule has 18 heavy (non-hydrogen) atoms. The summed E-state index contributed by atoms with van der Waals surface area (Å²) < 4.78 is 4.95. The molecule has 0 amide bonds. The molecule has 0 aliphatic carbocycles. The van der Waals surface area contributed by atoms with Gasteiger partial charge in [0.1, 0.15) is 0 Å². The van der Waals surface area contributed by atoms with Gasteiger partial charge in [0.05, 0.1) is 12.7 Å². The van der Waals surface area contributed by atoms with Crippen LogP contribution in [0.4, 0.5) is 0 Å². The van der Waals surface area contributed by atoms with Crippen LogP contribution in [0.25, 0.3) is 10.8 Å². The Kier molecular flexibility index (Phi) is 4.64. The van der Waals surface area contributed by atoms with E-state index in [1.807, 2.05) is 30.5 Å². The molecular weight excluding hydrogens is 228 g/mol. The van der Waals surface area contributed by atoms with Crippen LogP contribution in [0, 0.1) is 0 Å². The number of hydrogen-bond acceptors (Lipinski definition) is 4. The molecule has 2 aromatic rings. The van der Waals surface area contributed by atoms with Crippen LogP contribution < -0.4 is 5.32 Å². The highest BCUT2D eigenvalue weighted by atomic mass is 16.5. The number of ether oxygens (including phenoxy) is 1. The maximum atomic E-state index is 10.2. The zero-order chi connectivity index (χ0) is 12.8. The summed E-state index contributed by atoms with van der Waals surface area (Å²) in [5.74, 6) is 0. The summed E-state index contributed by atoms with van der Waals surface area (Å²) in [7, 11) is 1.66. The van der Waals surface area contributed by atoms with E-state index in [1.54, 1.807) is 13.3 Å². The molecule has 0 spiro atoms. The van der Waals surface area contributed by atoms with Crippen LogP contribution in [0.2, 0.25) is 0 Å². The van der Waals surface area contributed by atoms with Gasteiger partial charge >= 0.3 is 0 Å². The monoisotopic (exact) mass is 246 g/mol. The van der Waals surface area contributed by atoms with E-state index in [4.69, 9.17) is 4.74 Å². The van der Waals surface area contributed by atoms with Gasteiger partial charge in [-0.2, -0.15) is 0 Å². The molecule has 1 atom stereocenters. The lowest BCUT2D eigenvalue weighted by Gasteiger charge is -2.14. The summed E-state index contributed by atoms with van der Waals surface area (Å²) in [6.45, 7) is 1.90. The van der Waals surface area contributed by atoms with Crippen molar-refractivity contribution in [2.75, 3.05) is 26.8 Å². The van der Waals surface area contributed by atoms with E-state index in [2.05, 4.69) is 10.3 Å². The lowest BCUT2D eigenvalue weighted by atomic mass is 10.0. The highest BCUT2D eigenvalue weighted by molar-refractivity contribution is 5.85. The van der Waals surface area contributed by atoms with Gasteiger partial charge in [0.15, 0.2) is 0 Å². The molecule has 0 saturated carbocycles. The largest absolute Gasteiger partial charge is 0.387 e. The third-order valence-electron chi connectivity index (χ3n) is 2.89. The molecule has 1 aromatic carbocycles. The number of fused-ring (bicyclic) bond motifs is 1. The van der Waals surface area contributed by atoms with Crippen molar-refractivity contribution in [1.82, 2.24) is 10.3 Å². The van der Waals surface area contributed by atoms with E-state index in [0.717, 1.165) is 22.9 Å². The fourth-order valence-electron chi connectivity index (χ4n) is 1.96. The summed E-state index contributed by atoms with van der Waals surface area (Å²) in [4.78, 5) is 4.09. The number of benzene rings is 1. The quantitative estimate of drug-likeness (QED) is 0.758. The van der Waals surface area contributed by atoms with E-state index in [-0.39, 0.29) is 0 Å². The predicted molar refractivity (Wildman–Crippen MR) is 71.4 cm³/mol. The highest BCUT2D eigenvalue weighted by Gasteiger charge is 2.10. The molecule has 0 aliphatic rings. The molecule has 0 bridgehead atoms. The van der Waals surface area contributed by atoms with Gasteiger partial charge in [-0.1, -0.05) is 18.2 Å². The van der Waals surface area contributed by atoms with Gasteiger partial charge in [-0.3, -0.25) is 4.98 Å². The van der Waals surface area contributed by atoms with Gasteiger partial charge < -0.3 is 15.2 Å². The van der Waals surface area contributed by atoms with Crippen LogP contribution in [0.1, 0.15) is 11.7 Å². The molecule has 0 fully saturated rings. The van der Waals surface area contributed by atoms with Gasteiger partial charge in [-0.05, 0) is 17.0 Å². The van der Waals surface area contributed by atoms with Crippen LogP contribution >= 0.6 is 0 Å². The van der Waals surface area contributed by atoms with Gasteiger partial charge in [-0.25, -0.2) is 0 Å². The van der Waals surface area contributed by atoms with Crippen molar-refractivity contribution in [3.8, 4) is 0 Å². The zero-order valence-corrected chi connectivity index (χ0v) is 10.5. The highest BCUT2D eigenvalue weighted by Crippen LogP contribution is 2.22. The molecule has 1 heterocycles. The first-order valence-electron chi connectivity index (χ1n) is 6.03. The van der Waals surface area contributed by atoms with Crippen molar-refractivity contribution in [3.63, 3.8) is 0 Å². The van der Waals surface area contributed by atoms with Crippen molar-refractivity contribution in [3.05, 3.63) is 42.2 Å². The molecule has 1 unspecified atom stereocenters. The van der Waals surface area contributed by atoms with Gasteiger partial charge in [0, 0.05) is 38.0 Å². The SMILES string of the molecule is COCCNCC(O)c1cccc2cnccc12. The minimum Gasteiger partial charge on any atom is -0.387 e. The fourth-order valence-corrected chi connectivity index (χ4v) is 1.96. The number of aliphatic hydroxyl groups excluding tert-OH is 1. The van der Waals surface area contributed by atoms with Crippen molar-refractivity contribution < 1.29 is 9.84 Å². The Bertz CT molecular complexity index is 497. The predicted octanol–water partition coefficient (Wildman–Crippen LogP) is 1.50. The van der Waals surface area contributed by atoms with E-state index >= 15 is 0 Å². The molecule has 96 valence electrons. The van der Waals surface area contributed by atoms with Crippen LogP contribution in [0.5, 0.6) is 0 Å². The summed E-state index contributed by atoms with van der Waals surface area (Å²) in [5, 5.41) is 15.4. The Labute approximate surface area is 107 Å². The van der Waals surface area contributed by atoms with E-state index < -0.39 is 6.10 Å². The zero-order valence-electron chi connectivity index (χ0n) is 10.5. The van der Waals surface area contributed by atoms with Gasteiger partial charge in [-0.15, -0.1) is 0 Å². The summed E-state index contributed by atoms with van der Waals surface area (Å²) >= 11 is 0. The van der Waals surface area contributed by atoms with Gasteiger partial charge in [0.2, 0.25) is 0 Å². The smallest absolute Gasteiger partial charge is 0.0920 e. The maximum Gasteiger partial charge on any atom is 0.0920 e. The number of nitrogens with one attached hydrogen (secondary N) is 1. The summed E-state index contributed by atoms with van der Waals surface area (Å²) in [6.07, 6.45) is 3.04. The molecule has 1 aromatic heterocycles. The Hall–Kier alpha value is -1.49. The second-order valence-corrected chi connectivity index (χ2v) is 4.16. The third kappa shape index (κ3) is 3.04. The number of aromatic nitrogens is 1. The van der Waals surface area contributed by atoms with Crippen LogP contribution in [0.3, 0.4) is 0 Å². The normalized spacial score (nSPS) is 12.8. The average Bonchev–Trinajstić information content (AvgIpc) is 2.43. The second kappa shape index (κ2) is 6.44. The Morgan fingerprint density at radius 3 is 3.11 bits per heavy atom. The molecule has 0 aliphatic heterocycles. The molecule has 4 heteroatoms. The Balaban J connectivity index is 2.10. The molecule has 4 nitrogen and oxygen atoms in total.